The number of thioether (sulfide) groups is 1. The smallest absolute Gasteiger partial charge is 0.161 e. The third kappa shape index (κ3) is 2.58. The van der Waals surface area contributed by atoms with Crippen molar-refractivity contribution in [3.63, 3.8) is 0 Å². The number of hydrogen-bond donors (Lipinski definition) is 1. The van der Waals surface area contributed by atoms with Gasteiger partial charge in [0.05, 0.1) is 17.4 Å². The first-order valence-electron chi connectivity index (χ1n) is 5.60. The molecule has 1 N–H and O–H groups in total. The van der Waals surface area contributed by atoms with Gasteiger partial charge in [-0.15, -0.1) is 0 Å². The largest absolute Gasteiger partial charge is 0.332 e. The number of anilines is 1. The van der Waals surface area contributed by atoms with Crippen LogP contribution in [0, 0.1) is 0 Å². The lowest BCUT2D eigenvalue weighted by Gasteiger charge is -2.29. The van der Waals surface area contributed by atoms with Crippen molar-refractivity contribution in [1.29, 1.82) is 0 Å². The summed E-state index contributed by atoms with van der Waals surface area (Å²) in [5.41, 5.74) is 1.12. The lowest BCUT2D eigenvalue weighted by Crippen LogP contribution is -2.29. The standard InChI is InChI=1S/C11H18N4S/c1-4-11(2)5-6-16-10(14-11)13-9-7-12-15(3)8-9/h7-8H,4-6H2,1-3H3,(H,13,14). The first-order valence-corrected chi connectivity index (χ1v) is 6.58. The van der Waals surface area contributed by atoms with E-state index in [-0.39, 0.29) is 5.54 Å². The summed E-state index contributed by atoms with van der Waals surface area (Å²) in [6.07, 6.45) is 6.03. The van der Waals surface area contributed by atoms with E-state index in [0.717, 1.165) is 29.4 Å². The van der Waals surface area contributed by atoms with Crippen LogP contribution in [0.3, 0.4) is 0 Å². The van der Waals surface area contributed by atoms with Crippen molar-refractivity contribution in [3.8, 4) is 0 Å². The molecule has 1 atom stereocenters. The predicted molar refractivity (Wildman–Crippen MR) is 70.0 cm³/mol. The molecular formula is C11H18N4S. The van der Waals surface area contributed by atoms with Crippen LogP contribution < -0.4 is 5.32 Å². The van der Waals surface area contributed by atoms with E-state index in [1.807, 2.05) is 19.4 Å². The van der Waals surface area contributed by atoms with Crippen molar-refractivity contribution in [1.82, 2.24) is 9.78 Å². The summed E-state index contributed by atoms with van der Waals surface area (Å²) in [5.74, 6) is 1.14. The minimum atomic E-state index is 0.107. The molecule has 1 aromatic heterocycles. The Labute approximate surface area is 101 Å². The topological polar surface area (TPSA) is 42.2 Å². The average molecular weight is 238 g/mol. The predicted octanol–water partition coefficient (Wildman–Crippen LogP) is 2.49. The molecule has 1 aliphatic heterocycles. The van der Waals surface area contributed by atoms with E-state index in [2.05, 4.69) is 24.3 Å². The minimum Gasteiger partial charge on any atom is -0.332 e. The number of aryl methyl sites for hydroxylation is 1. The van der Waals surface area contributed by atoms with Crippen molar-refractivity contribution in [2.24, 2.45) is 12.0 Å². The molecule has 5 heteroatoms. The molecule has 16 heavy (non-hydrogen) atoms. The molecule has 0 fully saturated rings. The summed E-state index contributed by atoms with van der Waals surface area (Å²) in [4.78, 5) is 4.77. The van der Waals surface area contributed by atoms with Gasteiger partial charge in [-0.3, -0.25) is 9.67 Å². The molecule has 0 amide bonds. The molecule has 2 rings (SSSR count). The van der Waals surface area contributed by atoms with Crippen molar-refractivity contribution >= 4 is 22.6 Å². The highest BCUT2D eigenvalue weighted by molar-refractivity contribution is 8.14. The van der Waals surface area contributed by atoms with Gasteiger partial charge in [-0.1, -0.05) is 18.7 Å². The Kier molecular flexibility index (Phi) is 3.23. The Balaban J connectivity index is 2.10. The fourth-order valence-corrected chi connectivity index (χ4v) is 2.84. The van der Waals surface area contributed by atoms with Crippen LogP contribution in [0.1, 0.15) is 26.7 Å². The van der Waals surface area contributed by atoms with Crippen molar-refractivity contribution in [3.05, 3.63) is 12.4 Å². The van der Waals surface area contributed by atoms with Crippen molar-refractivity contribution in [2.75, 3.05) is 11.1 Å². The number of aromatic nitrogens is 2. The van der Waals surface area contributed by atoms with Crippen LogP contribution in [-0.2, 0) is 7.05 Å². The van der Waals surface area contributed by atoms with Gasteiger partial charge in [0.1, 0.15) is 0 Å². The molecule has 1 aromatic rings. The molecule has 0 bridgehead atoms. The number of hydrogen-bond acceptors (Lipinski definition) is 4. The van der Waals surface area contributed by atoms with Crippen molar-refractivity contribution in [2.45, 2.75) is 32.2 Å². The number of nitrogens with one attached hydrogen (secondary N) is 1. The highest BCUT2D eigenvalue weighted by atomic mass is 32.2. The third-order valence-electron chi connectivity index (χ3n) is 2.97. The number of aliphatic imine (C=N–C) groups is 1. The highest BCUT2D eigenvalue weighted by Gasteiger charge is 2.25. The summed E-state index contributed by atoms with van der Waals surface area (Å²) >= 11 is 1.79. The molecule has 0 aromatic carbocycles. The fourth-order valence-electron chi connectivity index (χ4n) is 1.63. The maximum absolute atomic E-state index is 4.77. The van der Waals surface area contributed by atoms with Crippen LogP contribution in [0.5, 0.6) is 0 Å². The monoisotopic (exact) mass is 238 g/mol. The van der Waals surface area contributed by atoms with Crippen molar-refractivity contribution < 1.29 is 0 Å². The average Bonchev–Trinajstić information content (AvgIpc) is 2.64. The molecule has 4 nitrogen and oxygen atoms in total. The van der Waals surface area contributed by atoms with Gasteiger partial charge < -0.3 is 5.32 Å². The second kappa shape index (κ2) is 4.49. The molecule has 1 aliphatic rings. The van der Waals surface area contributed by atoms with E-state index in [0.29, 0.717) is 0 Å². The molecule has 1 unspecified atom stereocenters. The molecule has 88 valence electrons. The quantitative estimate of drug-likeness (QED) is 0.860. The van der Waals surface area contributed by atoms with Gasteiger partial charge in [-0.25, -0.2) is 0 Å². The zero-order valence-corrected chi connectivity index (χ0v) is 10.8. The summed E-state index contributed by atoms with van der Waals surface area (Å²) in [6, 6.07) is 0. The van der Waals surface area contributed by atoms with E-state index in [1.165, 1.54) is 0 Å². The maximum Gasteiger partial charge on any atom is 0.161 e. The molecule has 0 radical (unpaired) electrons. The first kappa shape index (κ1) is 11.5. The summed E-state index contributed by atoms with van der Waals surface area (Å²) in [5, 5.41) is 8.47. The zero-order chi connectivity index (χ0) is 11.6. The van der Waals surface area contributed by atoms with Crippen LogP contribution in [-0.4, -0.2) is 26.2 Å². The highest BCUT2D eigenvalue weighted by Crippen LogP contribution is 2.29. The Morgan fingerprint density at radius 3 is 3.06 bits per heavy atom. The lowest BCUT2D eigenvalue weighted by molar-refractivity contribution is 0.443. The maximum atomic E-state index is 4.77. The SMILES string of the molecule is CCC1(C)CCSC(Nc2cnn(C)c2)=N1. The van der Waals surface area contributed by atoms with Gasteiger partial charge in [0.2, 0.25) is 0 Å². The second-order valence-electron chi connectivity index (χ2n) is 4.39. The Morgan fingerprint density at radius 2 is 2.44 bits per heavy atom. The minimum absolute atomic E-state index is 0.107. The zero-order valence-electron chi connectivity index (χ0n) is 10.0. The van der Waals surface area contributed by atoms with Gasteiger partial charge in [-0.2, -0.15) is 5.10 Å². The number of nitrogens with zero attached hydrogens (tertiary/aromatic N) is 3. The van der Waals surface area contributed by atoms with E-state index in [4.69, 9.17) is 4.99 Å². The van der Waals surface area contributed by atoms with Gasteiger partial charge in [-0.05, 0) is 19.8 Å². The van der Waals surface area contributed by atoms with E-state index >= 15 is 0 Å². The van der Waals surface area contributed by atoms with Crippen LogP contribution in [0.15, 0.2) is 17.4 Å². The van der Waals surface area contributed by atoms with Gasteiger partial charge >= 0.3 is 0 Å². The van der Waals surface area contributed by atoms with E-state index in [9.17, 15) is 0 Å². The fraction of sp³-hybridized carbons (Fsp3) is 0.636. The lowest BCUT2D eigenvalue weighted by atomic mass is 9.97. The molecule has 2 heterocycles. The van der Waals surface area contributed by atoms with Crippen LogP contribution in [0.4, 0.5) is 5.69 Å². The van der Waals surface area contributed by atoms with Crippen LogP contribution in [0.2, 0.25) is 0 Å². The normalized spacial score (nSPS) is 25.3. The molecule has 0 spiro atoms. The van der Waals surface area contributed by atoms with Crippen LogP contribution in [0.25, 0.3) is 0 Å². The summed E-state index contributed by atoms with van der Waals surface area (Å²) in [7, 11) is 1.91. The summed E-state index contributed by atoms with van der Waals surface area (Å²) in [6.45, 7) is 4.42. The van der Waals surface area contributed by atoms with Crippen LogP contribution >= 0.6 is 11.8 Å². The third-order valence-corrected chi connectivity index (χ3v) is 3.84. The van der Waals surface area contributed by atoms with Gasteiger partial charge in [0.25, 0.3) is 0 Å². The Bertz CT molecular complexity index is 398. The van der Waals surface area contributed by atoms with E-state index < -0.39 is 0 Å². The van der Waals surface area contributed by atoms with E-state index in [1.54, 1.807) is 16.4 Å². The van der Waals surface area contributed by atoms with Gasteiger partial charge in [0.15, 0.2) is 5.17 Å². The molecule has 0 saturated carbocycles. The molecule has 0 aliphatic carbocycles. The Morgan fingerprint density at radius 1 is 1.62 bits per heavy atom. The second-order valence-corrected chi connectivity index (χ2v) is 5.48. The number of amidine groups is 1. The van der Waals surface area contributed by atoms with Gasteiger partial charge in [0, 0.05) is 19.0 Å². The first-order chi connectivity index (χ1) is 7.61. The molecular weight excluding hydrogens is 220 g/mol. The molecule has 0 saturated heterocycles. The number of rotatable bonds is 2. The summed E-state index contributed by atoms with van der Waals surface area (Å²) < 4.78 is 1.79. The Hall–Kier alpha value is -0.970.